The molecule has 1 unspecified atom stereocenters. The van der Waals surface area contributed by atoms with Crippen molar-refractivity contribution < 1.29 is 9.47 Å². The molecule has 3 atom stereocenters. The zero-order valence-corrected chi connectivity index (χ0v) is 22.6. The Hall–Kier alpha value is -3.58. The van der Waals surface area contributed by atoms with Gasteiger partial charge >= 0.3 is 5.69 Å². The number of aryl methyl sites for hydroxylation is 2. The summed E-state index contributed by atoms with van der Waals surface area (Å²) in [5.41, 5.74) is 2.16. The highest BCUT2D eigenvalue weighted by molar-refractivity contribution is 5.84. The Bertz CT molecular complexity index is 1450. The molecule has 0 radical (unpaired) electrons. The fourth-order valence-corrected chi connectivity index (χ4v) is 5.78. The number of rotatable bonds is 5. The summed E-state index contributed by atoms with van der Waals surface area (Å²) in [7, 11) is 1.71. The first-order valence-electron chi connectivity index (χ1n) is 12.9. The Morgan fingerprint density at radius 1 is 1.19 bits per heavy atom. The van der Waals surface area contributed by atoms with E-state index < -0.39 is 5.79 Å². The number of benzene rings is 1. The van der Waals surface area contributed by atoms with Crippen molar-refractivity contribution in [1.82, 2.24) is 24.0 Å². The smallest absolute Gasteiger partial charge is 0.350 e. The van der Waals surface area contributed by atoms with Crippen LogP contribution in [0.3, 0.4) is 0 Å². The van der Waals surface area contributed by atoms with Gasteiger partial charge in [-0.2, -0.15) is 10.2 Å². The van der Waals surface area contributed by atoms with Crippen LogP contribution >= 0.6 is 0 Å². The number of piperazine rings is 1. The molecule has 2 aromatic heterocycles. The van der Waals surface area contributed by atoms with E-state index in [9.17, 15) is 10.1 Å². The molecule has 2 aliphatic rings. The van der Waals surface area contributed by atoms with Crippen LogP contribution in [0.2, 0.25) is 0 Å². The summed E-state index contributed by atoms with van der Waals surface area (Å²) >= 11 is 0. The SMILES string of the molecule is CCn1c(CC#N)nc2c(N3C[C@@H](C)N(C(C)c4cccc5c4OC(C)(C)O5)C[C@@H]3C)nc(=O)n(C)c21. The summed E-state index contributed by atoms with van der Waals surface area (Å²) in [4.78, 5) is 26.8. The van der Waals surface area contributed by atoms with Crippen molar-refractivity contribution in [1.29, 1.82) is 5.26 Å². The molecule has 1 saturated heterocycles. The lowest BCUT2D eigenvalue weighted by atomic mass is 9.99. The summed E-state index contributed by atoms with van der Waals surface area (Å²) in [6, 6.07) is 8.63. The molecule has 0 saturated carbocycles. The number of nitrogens with zero attached hydrogens (tertiary/aromatic N) is 7. The molecule has 1 aromatic carbocycles. The average Bonchev–Trinajstić information content (AvgIpc) is 3.38. The first-order chi connectivity index (χ1) is 17.6. The molecular weight excluding hydrogens is 470 g/mol. The van der Waals surface area contributed by atoms with E-state index in [2.05, 4.69) is 47.7 Å². The third-order valence-corrected chi connectivity index (χ3v) is 7.56. The van der Waals surface area contributed by atoms with Crippen molar-refractivity contribution in [2.45, 2.75) is 78.4 Å². The quantitative estimate of drug-likeness (QED) is 0.520. The Morgan fingerprint density at radius 3 is 2.65 bits per heavy atom. The van der Waals surface area contributed by atoms with E-state index in [1.807, 2.05) is 37.5 Å². The number of imidazole rings is 1. The largest absolute Gasteiger partial charge is 0.449 e. The van der Waals surface area contributed by atoms with Gasteiger partial charge < -0.3 is 18.9 Å². The van der Waals surface area contributed by atoms with Crippen molar-refractivity contribution in [2.24, 2.45) is 7.05 Å². The van der Waals surface area contributed by atoms with Gasteiger partial charge in [0, 0.05) is 64.2 Å². The molecule has 10 heteroatoms. The molecule has 37 heavy (non-hydrogen) atoms. The van der Waals surface area contributed by atoms with Crippen LogP contribution in [0.4, 0.5) is 5.82 Å². The van der Waals surface area contributed by atoms with Crippen molar-refractivity contribution in [3.8, 4) is 17.6 Å². The van der Waals surface area contributed by atoms with Gasteiger partial charge in [0.05, 0.1) is 12.5 Å². The molecule has 2 aliphatic heterocycles. The van der Waals surface area contributed by atoms with E-state index in [1.54, 1.807) is 7.05 Å². The maximum absolute atomic E-state index is 12.9. The van der Waals surface area contributed by atoms with Crippen LogP contribution < -0.4 is 20.1 Å². The second-order valence-electron chi connectivity index (χ2n) is 10.6. The van der Waals surface area contributed by atoms with Gasteiger partial charge in [-0.15, -0.1) is 0 Å². The second kappa shape index (κ2) is 9.06. The molecule has 196 valence electrons. The molecule has 4 heterocycles. The van der Waals surface area contributed by atoms with Gasteiger partial charge in [0.2, 0.25) is 5.79 Å². The maximum Gasteiger partial charge on any atom is 0.350 e. The van der Waals surface area contributed by atoms with Crippen molar-refractivity contribution in [3.05, 3.63) is 40.1 Å². The van der Waals surface area contributed by atoms with Gasteiger partial charge in [0.1, 0.15) is 17.0 Å². The normalized spacial score (nSPS) is 21.8. The predicted molar refractivity (Wildman–Crippen MR) is 141 cm³/mol. The van der Waals surface area contributed by atoms with E-state index >= 15 is 0 Å². The van der Waals surface area contributed by atoms with Crippen molar-refractivity contribution in [2.75, 3.05) is 18.0 Å². The van der Waals surface area contributed by atoms with Crippen LogP contribution in [0.1, 0.15) is 59.0 Å². The van der Waals surface area contributed by atoms with Gasteiger partial charge in [-0.1, -0.05) is 12.1 Å². The van der Waals surface area contributed by atoms with E-state index in [-0.39, 0.29) is 30.2 Å². The van der Waals surface area contributed by atoms with Gasteiger partial charge in [-0.05, 0) is 33.8 Å². The van der Waals surface area contributed by atoms with Gasteiger partial charge in [-0.3, -0.25) is 9.47 Å². The van der Waals surface area contributed by atoms with Crippen LogP contribution in [0.5, 0.6) is 11.5 Å². The molecule has 1 fully saturated rings. The number of fused-ring (bicyclic) bond motifs is 2. The number of hydrogen-bond donors (Lipinski definition) is 0. The summed E-state index contributed by atoms with van der Waals surface area (Å²) in [6.45, 7) is 14.5. The number of nitriles is 1. The van der Waals surface area contributed by atoms with E-state index in [1.165, 1.54) is 4.57 Å². The molecule has 0 bridgehead atoms. The van der Waals surface area contributed by atoms with E-state index in [0.717, 1.165) is 23.6 Å². The number of aromatic nitrogens is 4. The highest BCUT2D eigenvalue weighted by Crippen LogP contribution is 2.45. The predicted octanol–water partition coefficient (Wildman–Crippen LogP) is 3.38. The molecule has 0 aliphatic carbocycles. The minimum Gasteiger partial charge on any atom is -0.449 e. The minimum atomic E-state index is -0.682. The molecule has 3 aromatic rings. The van der Waals surface area contributed by atoms with Crippen LogP contribution in [0, 0.1) is 11.3 Å². The lowest BCUT2D eigenvalue weighted by molar-refractivity contribution is -0.0440. The van der Waals surface area contributed by atoms with Crippen LogP contribution in [0.25, 0.3) is 11.2 Å². The Morgan fingerprint density at radius 2 is 1.95 bits per heavy atom. The number of ether oxygens (including phenoxy) is 2. The summed E-state index contributed by atoms with van der Waals surface area (Å²) in [6.07, 6.45) is 0.178. The van der Waals surface area contributed by atoms with E-state index in [4.69, 9.17) is 14.5 Å². The maximum atomic E-state index is 12.9. The van der Waals surface area contributed by atoms with Crippen molar-refractivity contribution >= 4 is 17.0 Å². The van der Waals surface area contributed by atoms with E-state index in [0.29, 0.717) is 35.9 Å². The van der Waals surface area contributed by atoms with Crippen LogP contribution in [0.15, 0.2) is 23.0 Å². The Kier molecular flexibility index (Phi) is 6.15. The molecule has 5 rings (SSSR count). The zero-order valence-electron chi connectivity index (χ0n) is 22.6. The number of para-hydroxylation sites is 1. The summed E-state index contributed by atoms with van der Waals surface area (Å²) in [5, 5.41) is 9.33. The number of anilines is 1. The molecule has 10 nitrogen and oxygen atoms in total. The standard InChI is InChI=1S/C27H35N7O3/c1-8-32-21(12-13-28)29-22-24(30-26(35)31(7)25(22)32)34-15-16(2)33(14-17(34)3)18(4)19-10-9-11-20-23(19)37-27(5,6)36-20/h9-11,16-18H,8,12,14-15H2,1-7H3/t16-,17+,18?/m1/s1. The van der Waals surface area contributed by atoms with Gasteiger partial charge in [0.15, 0.2) is 17.3 Å². The third-order valence-electron chi connectivity index (χ3n) is 7.56. The fourth-order valence-electron chi connectivity index (χ4n) is 5.78. The molecule has 0 N–H and O–H groups in total. The number of hydrogen-bond acceptors (Lipinski definition) is 8. The van der Waals surface area contributed by atoms with Crippen LogP contribution in [-0.4, -0.2) is 55.0 Å². The minimum absolute atomic E-state index is 0.0815. The fraction of sp³-hybridized carbons (Fsp3) is 0.556. The first-order valence-corrected chi connectivity index (χ1v) is 12.9. The molecule has 0 amide bonds. The highest BCUT2D eigenvalue weighted by Gasteiger charge is 2.39. The third kappa shape index (κ3) is 4.11. The topological polar surface area (TPSA) is 101 Å². The second-order valence-corrected chi connectivity index (χ2v) is 10.6. The first kappa shape index (κ1) is 25.1. The molecule has 0 spiro atoms. The lowest BCUT2D eigenvalue weighted by Crippen LogP contribution is -2.57. The average molecular weight is 506 g/mol. The Balaban J connectivity index is 1.49. The highest BCUT2D eigenvalue weighted by atomic mass is 16.7. The lowest BCUT2D eigenvalue weighted by Gasteiger charge is -2.47. The summed E-state index contributed by atoms with van der Waals surface area (Å²) < 4.78 is 15.6. The van der Waals surface area contributed by atoms with Crippen molar-refractivity contribution in [3.63, 3.8) is 0 Å². The van der Waals surface area contributed by atoms with Gasteiger partial charge in [0.25, 0.3) is 0 Å². The van der Waals surface area contributed by atoms with Gasteiger partial charge in [-0.25, -0.2) is 9.78 Å². The monoisotopic (exact) mass is 505 g/mol. The Labute approximate surface area is 217 Å². The molecular formula is C27H35N7O3. The summed E-state index contributed by atoms with van der Waals surface area (Å²) in [5.74, 6) is 2.15. The van der Waals surface area contributed by atoms with Crippen LogP contribution in [-0.2, 0) is 20.0 Å². The zero-order chi connectivity index (χ0) is 26.6.